The third kappa shape index (κ3) is 5.71. The smallest absolute Gasteiger partial charge is 0.267 e. The second-order valence-corrected chi connectivity index (χ2v) is 8.03. The molecule has 0 aliphatic rings. The van der Waals surface area contributed by atoms with E-state index in [1.165, 1.54) is 16.9 Å². The number of thioether (sulfide) groups is 1. The van der Waals surface area contributed by atoms with Crippen molar-refractivity contribution in [2.75, 3.05) is 12.4 Å². The molecular weight excluding hydrogens is 394 g/mol. The Kier molecular flexibility index (Phi) is 7.27. The number of amides is 1. The number of benzene rings is 2. The SMILES string of the molecule is CC[C@H](Oc1cccc(OC)c1)C(=O)Nc1nnc(SCc2ccccc2)s1. The summed E-state index contributed by atoms with van der Waals surface area (Å²) in [5, 5.41) is 11.5. The summed E-state index contributed by atoms with van der Waals surface area (Å²) in [5.74, 6) is 1.82. The van der Waals surface area contributed by atoms with Crippen molar-refractivity contribution < 1.29 is 14.3 Å². The fourth-order valence-electron chi connectivity index (χ4n) is 2.38. The van der Waals surface area contributed by atoms with Gasteiger partial charge in [0.2, 0.25) is 5.13 Å². The summed E-state index contributed by atoms with van der Waals surface area (Å²) < 4.78 is 11.8. The molecule has 1 heterocycles. The molecule has 0 aliphatic heterocycles. The van der Waals surface area contributed by atoms with E-state index in [4.69, 9.17) is 9.47 Å². The van der Waals surface area contributed by atoms with Crippen molar-refractivity contribution in [3.05, 3.63) is 60.2 Å². The zero-order valence-electron chi connectivity index (χ0n) is 15.6. The maximum Gasteiger partial charge on any atom is 0.267 e. The molecule has 28 heavy (non-hydrogen) atoms. The van der Waals surface area contributed by atoms with E-state index in [1.807, 2.05) is 37.3 Å². The maximum absolute atomic E-state index is 12.6. The maximum atomic E-state index is 12.6. The first-order valence-electron chi connectivity index (χ1n) is 8.79. The Labute approximate surface area is 172 Å². The minimum absolute atomic E-state index is 0.249. The summed E-state index contributed by atoms with van der Waals surface area (Å²) in [6.07, 6.45) is -0.103. The van der Waals surface area contributed by atoms with E-state index in [1.54, 1.807) is 31.0 Å². The van der Waals surface area contributed by atoms with Gasteiger partial charge in [0.1, 0.15) is 11.5 Å². The number of ether oxygens (including phenoxy) is 2. The average Bonchev–Trinajstić information content (AvgIpc) is 3.18. The van der Waals surface area contributed by atoms with Crippen molar-refractivity contribution in [1.82, 2.24) is 10.2 Å². The molecule has 1 aromatic heterocycles. The molecule has 0 saturated heterocycles. The van der Waals surface area contributed by atoms with Gasteiger partial charge in [0.25, 0.3) is 5.91 Å². The van der Waals surface area contributed by atoms with E-state index in [0.29, 0.717) is 23.1 Å². The van der Waals surface area contributed by atoms with Crippen molar-refractivity contribution in [1.29, 1.82) is 0 Å². The van der Waals surface area contributed by atoms with E-state index < -0.39 is 6.10 Å². The predicted molar refractivity (Wildman–Crippen MR) is 112 cm³/mol. The van der Waals surface area contributed by atoms with Crippen LogP contribution in [0.3, 0.4) is 0 Å². The second kappa shape index (κ2) is 10.1. The Hall–Kier alpha value is -2.58. The van der Waals surface area contributed by atoms with Gasteiger partial charge in [-0.05, 0) is 24.1 Å². The number of hydrogen-bond acceptors (Lipinski definition) is 7. The van der Waals surface area contributed by atoms with Crippen LogP contribution in [-0.4, -0.2) is 29.3 Å². The highest BCUT2D eigenvalue weighted by Crippen LogP contribution is 2.28. The van der Waals surface area contributed by atoms with Crippen LogP contribution in [0.15, 0.2) is 58.9 Å². The molecule has 1 amide bonds. The highest BCUT2D eigenvalue weighted by atomic mass is 32.2. The van der Waals surface area contributed by atoms with Crippen LogP contribution in [0.5, 0.6) is 11.5 Å². The summed E-state index contributed by atoms with van der Waals surface area (Å²) >= 11 is 2.94. The van der Waals surface area contributed by atoms with Crippen molar-refractivity contribution in [2.45, 2.75) is 29.5 Å². The van der Waals surface area contributed by atoms with E-state index in [2.05, 4.69) is 27.6 Å². The summed E-state index contributed by atoms with van der Waals surface area (Å²) in [6, 6.07) is 17.3. The number of hydrogen-bond donors (Lipinski definition) is 1. The third-order valence-corrected chi connectivity index (χ3v) is 5.87. The lowest BCUT2D eigenvalue weighted by Gasteiger charge is -2.16. The summed E-state index contributed by atoms with van der Waals surface area (Å²) in [7, 11) is 1.59. The van der Waals surface area contributed by atoms with Crippen molar-refractivity contribution in [3.8, 4) is 11.5 Å². The molecule has 0 bridgehead atoms. The Morgan fingerprint density at radius 2 is 1.93 bits per heavy atom. The molecule has 1 atom stereocenters. The van der Waals surface area contributed by atoms with Crippen LogP contribution in [0.25, 0.3) is 0 Å². The lowest BCUT2D eigenvalue weighted by atomic mass is 10.2. The minimum Gasteiger partial charge on any atom is -0.497 e. The molecular formula is C20H21N3O3S2. The molecule has 146 valence electrons. The lowest BCUT2D eigenvalue weighted by molar-refractivity contribution is -0.122. The van der Waals surface area contributed by atoms with Gasteiger partial charge in [-0.15, -0.1) is 10.2 Å². The molecule has 0 fully saturated rings. The summed E-state index contributed by atoms with van der Waals surface area (Å²) in [4.78, 5) is 12.6. The number of methoxy groups -OCH3 is 1. The van der Waals surface area contributed by atoms with Crippen LogP contribution in [0, 0.1) is 0 Å². The Morgan fingerprint density at radius 3 is 2.68 bits per heavy atom. The molecule has 8 heteroatoms. The van der Waals surface area contributed by atoms with Gasteiger partial charge in [0.05, 0.1) is 7.11 Å². The topological polar surface area (TPSA) is 73.3 Å². The van der Waals surface area contributed by atoms with Crippen molar-refractivity contribution in [3.63, 3.8) is 0 Å². The predicted octanol–water partition coefficient (Wildman–Crippen LogP) is 4.64. The quantitative estimate of drug-likeness (QED) is 0.406. The Balaban J connectivity index is 1.56. The Morgan fingerprint density at radius 1 is 1.14 bits per heavy atom. The number of nitrogens with one attached hydrogen (secondary N) is 1. The molecule has 3 rings (SSSR count). The van der Waals surface area contributed by atoms with Gasteiger partial charge in [-0.1, -0.05) is 66.4 Å². The second-order valence-electron chi connectivity index (χ2n) is 5.83. The van der Waals surface area contributed by atoms with E-state index in [0.717, 1.165) is 10.1 Å². The zero-order chi connectivity index (χ0) is 19.8. The normalized spacial score (nSPS) is 11.6. The first-order valence-corrected chi connectivity index (χ1v) is 10.6. The Bertz CT molecular complexity index is 902. The van der Waals surface area contributed by atoms with Crippen LogP contribution in [-0.2, 0) is 10.5 Å². The van der Waals surface area contributed by atoms with Gasteiger partial charge in [-0.3, -0.25) is 10.1 Å². The molecule has 0 unspecified atom stereocenters. The lowest BCUT2D eigenvalue weighted by Crippen LogP contribution is -2.32. The molecule has 0 aliphatic carbocycles. The highest BCUT2D eigenvalue weighted by molar-refractivity contribution is 8.00. The van der Waals surface area contributed by atoms with Gasteiger partial charge >= 0.3 is 0 Å². The van der Waals surface area contributed by atoms with Gasteiger partial charge < -0.3 is 9.47 Å². The average molecular weight is 416 g/mol. The largest absolute Gasteiger partial charge is 0.497 e. The molecule has 0 saturated carbocycles. The molecule has 0 radical (unpaired) electrons. The molecule has 3 aromatic rings. The fraction of sp³-hybridized carbons (Fsp3) is 0.250. The van der Waals surface area contributed by atoms with E-state index in [9.17, 15) is 4.79 Å². The van der Waals surface area contributed by atoms with Crippen LogP contribution in [0.4, 0.5) is 5.13 Å². The van der Waals surface area contributed by atoms with Crippen molar-refractivity contribution in [2.24, 2.45) is 0 Å². The number of aromatic nitrogens is 2. The van der Waals surface area contributed by atoms with E-state index in [-0.39, 0.29) is 5.91 Å². The fourth-order valence-corrected chi connectivity index (χ4v) is 4.10. The van der Waals surface area contributed by atoms with Crippen LogP contribution in [0.1, 0.15) is 18.9 Å². The number of carbonyl (C=O) groups excluding carboxylic acids is 1. The van der Waals surface area contributed by atoms with Gasteiger partial charge in [0, 0.05) is 11.8 Å². The molecule has 2 aromatic carbocycles. The summed E-state index contributed by atoms with van der Waals surface area (Å²) in [6.45, 7) is 1.89. The van der Waals surface area contributed by atoms with Gasteiger partial charge in [-0.25, -0.2) is 0 Å². The first kappa shape index (κ1) is 20.2. The summed E-state index contributed by atoms with van der Waals surface area (Å²) in [5.41, 5.74) is 1.21. The highest BCUT2D eigenvalue weighted by Gasteiger charge is 2.20. The van der Waals surface area contributed by atoms with Gasteiger partial charge in [-0.2, -0.15) is 0 Å². The van der Waals surface area contributed by atoms with Crippen LogP contribution in [0.2, 0.25) is 0 Å². The van der Waals surface area contributed by atoms with Gasteiger partial charge in [0.15, 0.2) is 10.4 Å². The van der Waals surface area contributed by atoms with Crippen molar-refractivity contribution >= 4 is 34.1 Å². The zero-order valence-corrected chi connectivity index (χ0v) is 17.3. The molecule has 1 N–H and O–H groups in total. The molecule has 0 spiro atoms. The molecule has 6 nitrogen and oxygen atoms in total. The monoisotopic (exact) mass is 415 g/mol. The first-order chi connectivity index (χ1) is 13.7. The van der Waals surface area contributed by atoms with Crippen LogP contribution >= 0.6 is 23.1 Å². The minimum atomic E-state index is -0.628. The number of nitrogens with zero attached hydrogens (tertiary/aromatic N) is 2. The number of anilines is 1. The van der Waals surface area contributed by atoms with E-state index >= 15 is 0 Å². The van der Waals surface area contributed by atoms with Crippen LogP contribution < -0.4 is 14.8 Å². The third-order valence-electron chi connectivity index (χ3n) is 3.82. The number of carbonyl (C=O) groups is 1. The standard InChI is InChI=1S/C20H21N3O3S2/c1-3-17(26-16-11-7-10-15(12-16)25-2)18(24)21-19-22-23-20(28-19)27-13-14-8-5-4-6-9-14/h4-12,17H,3,13H2,1-2H3,(H,21,22,24)/t17-/m0/s1. The number of rotatable bonds is 9.